The molecule has 0 spiro atoms. The van der Waals surface area contributed by atoms with E-state index in [1.807, 2.05) is 0 Å². The fourth-order valence-electron chi connectivity index (χ4n) is 2.67. The number of para-hydroxylation sites is 1. The second-order valence-electron chi connectivity index (χ2n) is 5.45. The molecule has 2 heterocycles. The maximum Gasteiger partial charge on any atom is 0.240 e. The highest BCUT2D eigenvalue weighted by Crippen LogP contribution is 2.16. The minimum atomic E-state index is 0.742. The van der Waals surface area contributed by atoms with Crippen molar-refractivity contribution in [2.75, 3.05) is 31.1 Å². The number of piperazine rings is 1. The molecule has 0 unspecified atom stereocenters. The first-order valence-corrected chi connectivity index (χ1v) is 7.69. The zero-order chi connectivity index (χ0) is 14.5. The summed E-state index contributed by atoms with van der Waals surface area (Å²) in [4.78, 5) is 9.24. The van der Waals surface area contributed by atoms with Crippen molar-refractivity contribution in [3.05, 3.63) is 42.0 Å². The highest BCUT2D eigenvalue weighted by Gasteiger charge is 2.19. The Morgan fingerprint density at radius 1 is 1.10 bits per heavy atom. The van der Waals surface area contributed by atoms with Crippen LogP contribution in [-0.4, -0.2) is 41.2 Å². The van der Waals surface area contributed by atoms with Gasteiger partial charge in [-0.15, -0.1) is 0 Å². The number of hydrogen-bond donors (Lipinski definition) is 0. The van der Waals surface area contributed by atoms with Crippen molar-refractivity contribution in [3.63, 3.8) is 0 Å². The van der Waals surface area contributed by atoms with E-state index in [1.54, 1.807) is 0 Å². The van der Waals surface area contributed by atoms with Gasteiger partial charge in [0.15, 0.2) is 5.82 Å². The molecule has 112 valence electrons. The van der Waals surface area contributed by atoms with Crippen LogP contribution in [0.2, 0.25) is 0 Å². The van der Waals surface area contributed by atoms with Gasteiger partial charge >= 0.3 is 0 Å². The maximum atomic E-state index is 5.32. The normalized spacial score (nSPS) is 16.3. The molecule has 1 aliphatic heterocycles. The number of aromatic nitrogens is 2. The van der Waals surface area contributed by atoms with Crippen LogP contribution in [0.5, 0.6) is 0 Å². The average Bonchev–Trinajstić information content (AvgIpc) is 2.97. The van der Waals surface area contributed by atoms with Gasteiger partial charge in [0.25, 0.3) is 0 Å². The van der Waals surface area contributed by atoms with E-state index >= 15 is 0 Å². The Kier molecular flexibility index (Phi) is 4.50. The maximum absolute atomic E-state index is 5.32. The van der Waals surface area contributed by atoms with E-state index < -0.39 is 0 Å². The van der Waals surface area contributed by atoms with Crippen LogP contribution in [0.4, 0.5) is 5.69 Å². The van der Waals surface area contributed by atoms with Crippen molar-refractivity contribution in [2.24, 2.45) is 0 Å². The van der Waals surface area contributed by atoms with E-state index in [-0.39, 0.29) is 0 Å². The first-order chi connectivity index (χ1) is 10.3. The van der Waals surface area contributed by atoms with E-state index in [2.05, 4.69) is 57.2 Å². The lowest BCUT2D eigenvalue weighted by Gasteiger charge is -2.35. The summed E-state index contributed by atoms with van der Waals surface area (Å²) in [7, 11) is 0. The molecule has 5 nitrogen and oxygen atoms in total. The predicted molar refractivity (Wildman–Crippen MR) is 82.2 cm³/mol. The standard InChI is InChI=1S/C16H22N4O/c1-2-6-15-17-16(21-18-15)13-19-9-11-20(12-10-19)14-7-4-3-5-8-14/h3-5,7-8H,2,6,9-13H2,1H3. The van der Waals surface area contributed by atoms with Gasteiger partial charge in [0, 0.05) is 38.3 Å². The van der Waals surface area contributed by atoms with Crippen molar-refractivity contribution in [1.82, 2.24) is 15.0 Å². The van der Waals surface area contributed by atoms with Gasteiger partial charge in [-0.25, -0.2) is 0 Å². The van der Waals surface area contributed by atoms with Gasteiger partial charge in [-0.1, -0.05) is 30.3 Å². The molecule has 2 aromatic rings. The Balaban J connectivity index is 1.51. The molecule has 21 heavy (non-hydrogen) atoms. The van der Waals surface area contributed by atoms with Gasteiger partial charge in [-0.2, -0.15) is 4.98 Å². The number of benzene rings is 1. The number of rotatable bonds is 5. The van der Waals surface area contributed by atoms with E-state index in [4.69, 9.17) is 4.52 Å². The Hall–Kier alpha value is -1.88. The molecular formula is C16H22N4O. The lowest BCUT2D eigenvalue weighted by atomic mass is 10.2. The topological polar surface area (TPSA) is 45.4 Å². The minimum absolute atomic E-state index is 0.742. The number of aryl methyl sites for hydroxylation is 1. The van der Waals surface area contributed by atoms with Crippen molar-refractivity contribution < 1.29 is 4.52 Å². The number of anilines is 1. The molecular weight excluding hydrogens is 264 g/mol. The van der Waals surface area contributed by atoms with Gasteiger partial charge in [0.2, 0.25) is 5.89 Å². The summed E-state index contributed by atoms with van der Waals surface area (Å²) in [6.07, 6.45) is 1.94. The molecule has 0 radical (unpaired) electrons. The van der Waals surface area contributed by atoms with Crippen LogP contribution in [0, 0.1) is 0 Å². The van der Waals surface area contributed by atoms with Gasteiger partial charge in [-0.05, 0) is 18.6 Å². The summed E-state index contributed by atoms with van der Waals surface area (Å²) in [6.45, 7) is 7.03. The molecule has 1 saturated heterocycles. The summed E-state index contributed by atoms with van der Waals surface area (Å²) in [5.41, 5.74) is 1.31. The molecule has 1 fully saturated rings. The third kappa shape index (κ3) is 3.61. The van der Waals surface area contributed by atoms with E-state index in [1.165, 1.54) is 5.69 Å². The number of hydrogen-bond acceptors (Lipinski definition) is 5. The zero-order valence-corrected chi connectivity index (χ0v) is 12.5. The third-order valence-electron chi connectivity index (χ3n) is 3.84. The highest BCUT2D eigenvalue weighted by molar-refractivity contribution is 5.46. The first kappa shape index (κ1) is 14.1. The third-order valence-corrected chi connectivity index (χ3v) is 3.84. The zero-order valence-electron chi connectivity index (χ0n) is 12.5. The molecule has 1 aromatic carbocycles. The van der Waals surface area contributed by atoms with Gasteiger partial charge < -0.3 is 9.42 Å². The van der Waals surface area contributed by atoms with Crippen molar-refractivity contribution in [2.45, 2.75) is 26.3 Å². The molecule has 0 saturated carbocycles. The lowest BCUT2D eigenvalue weighted by molar-refractivity contribution is 0.215. The van der Waals surface area contributed by atoms with Crippen LogP contribution in [0.3, 0.4) is 0 Å². The monoisotopic (exact) mass is 286 g/mol. The van der Waals surface area contributed by atoms with Crippen LogP contribution in [-0.2, 0) is 13.0 Å². The summed E-state index contributed by atoms with van der Waals surface area (Å²) in [5.74, 6) is 1.57. The van der Waals surface area contributed by atoms with Crippen molar-refractivity contribution >= 4 is 5.69 Å². The second kappa shape index (κ2) is 6.72. The van der Waals surface area contributed by atoms with Gasteiger partial charge in [0.05, 0.1) is 6.54 Å². The first-order valence-electron chi connectivity index (χ1n) is 7.69. The molecule has 1 aromatic heterocycles. The van der Waals surface area contributed by atoms with Crippen LogP contribution in [0.25, 0.3) is 0 Å². The summed E-state index contributed by atoms with van der Waals surface area (Å²) in [6, 6.07) is 10.6. The fourth-order valence-corrected chi connectivity index (χ4v) is 2.67. The average molecular weight is 286 g/mol. The quantitative estimate of drug-likeness (QED) is 0.844. The van der Waals surface area contributed by atoms with E-state index in [0.29, 0.717) is 0 Å². The van der Waals surface area contributed by atoms with Crippen LogP contribution < -0.4 is 4.90 Å². The second-order valence-corrected chi connectivity index (χ2v) is 5.45. The minimum Gasteiger partial charge on any atom is -0.369 e. The highest BCUT2D eigenvalue weighted by atomic mass is 16.5. The number of nitrogens with zero attached hydrogens (tertiary/aromatic N) is 4. The molecule has 0 amide bonds. The smallest absolute Gasteiger partial charge is 0.240 e. The van der Waals surface area contributed by atoms with Gasteiger partial charge in [-0.3, -0.25) is 4.90 Å². The molecule has 0 N–H and O–H groups in total. The van der Waals surface area contributed by atoms with Gasteiger partial charge in [0.1, 0.15) is 0 Å². The Morgan fingerprint density at radius 3 is 2.57 bits per heavy atom. The van der Waals surface area contributed by atoms with E-state index in [0.717, 1.165) is 57.3 Å². The lowest BCUT2D eigenvalue weighted by Crippen LogP contribution is -2.46. The molecule has 5 heteroatoms. The predicted octanol–water partition coefficient (Wildman–Crippen LogP) is 2.34. The molecule has 3 rings (SSSR count). The fraction of sp³-hybridized carbons (Fsp3) is 0.500. The Labute approximate surface area is 125 Å². The molecule has 1 aliphatic rings. The molecule has 0 atom stereocenters. The van der Waals surface area contributed by atoms with E-state index in [9.17, 15) is 0 Å². The van der Waals surface area contributed by atoms with Crippen molar-refractivity contribution in [1.29, 1.82) is 0 Å². The van der Waals surface area contributed by atoms with Crippen molar-refractivity contribution in [3.8, 4) is 0 Å². The molecule has 0 aliphatic carbocycles. The summed E-state index contributed by atoms with van der Waals surface area (Å²) < 4.78 is 5.32. The molecule has 0 bridgehead atoms. The summed E-state index contributed by atoms with van der Waals surface area (Å²) >= 11 is 0. The van der Waals surface area contributed by atoms with Crippen LogP contribution >= 0.6 is 0 Å². The SMILES string of the molecule is CCCc1noc(CN2CCN(c3ccccc3)CC2)n1. The Morgan fingerprint density at radius 2 is 1.86 bits per heavy atom. The summed E-state index contributed by atoms with van der Waals surface area (Å²) in [5, 5.41) is 4.01. The largest absolute Gasteiger partial charge is 0.369 e. The van der Waals surface area contributed by atoms with Crippen LogP contribution in [0.1, 0.15) is 25.1 Å². The van der Waals surface area contributed by atoms with Crippen LogP contribution in [0.15, 0.2) is 34.9 Å². The Bertz CT molecular complexity index is 546.